The van der Waals surface area contributed by atoms with E-state index in [0.29, 0.717) is 31.1 Å². The summed E-state index contributed by atoms with van der Waals surface area (Å²) in [6.45, 7) is 6.76. The molecule has 0 aromatic carbocycles. The minimum atomic E-state index is -0.105. The zero-order valence-electron chi connectivity index (χ0n) is 17.4. The van der Waals surface area contributed by atoms with Crippen LogP contribution in [0.5, 0.6) is 0 Å². The Morgan fingerprint density at radius 2 is 2.07 bits per heavy atom. The fraction of sp³-hybridized carbons (Fsp3) is 0.619. The fourth-order valence-electron chi connectivity index (χ4n) is 3.69. The van der Waals surface area contributed by atoms with E-state index in [2.05, 4.69) is 22.2 Å². The molecular weight excluding hydrogens is 386 g/mol. The average Bonchev–Trinajstić information content (AvgIpc) is 2.76. The summed E-state index contributed by atoms with van der Waals surface area (Å²) < 4.78 is 1.67. The van der Waals surface area contributed by atoms with Crippen LogP contribution in [-0.2, 0) is 11.3 Å². The van der Waals surface area contributed by atoms with Crippen molar-refractivity contribution in [1.82, 2.24) is 19.9 Å². The molecule has 0 spiro atoms. The molecule has 0 atom stereocenters. The molecule has 0 unspecified atom stereocenters. The Morgan fingerprint density at radius 3 is 2.79 bits per heavy atom. The Bertz CT molecular complexity index is 877. The van der Waals surface area contributed by atoms with Crippen LogP contribution in [0, 0.1) is 5.92 Å². The molecule has 0 aliphatic carbocycles. The number of nitrogens with zero attached hydrogens (tertiary/aromatic N) is 4. The summed E-state index contributed by atoms with van der Waals surface area (Å²) in [6.07, 6.45) is 5.38. The normalized spacial score (nSPS) is 15.0. The van der Waals surface area contributed by atoms with Crippen molar-refractivity contribution >= 4 is 34.7 Å². The number of piperidine rings is 1. The molecule has 1 saturated heterocycles. The molecule has 0 radical (unpaired) electrons. The standard InChI is InChI=1S/C21H31N5O2S/c1-3-14-29-15-6-11-23-20(27)16-8-12-25(13-9-16)19-21(28)26(4-2)18-17(24-19)7-5-10-22-18/h5,7,10,16H,3-4,6,8-9,11-15H2,1-2H3,(H,23,27). The first kappa shape index (κ1) is 21.6. The maximum atomic E-state index is 12.9. The van der Waals surface area contributed by atoms with Crippen molar-refractivity contribution in [2.24, 2.45) is 5.92 Å². The first-order valence-corrected chi connectivity index (χ1v) is 11.8. The second-order valence-electron chi connectivity index (χ2n) is 7.35. The lowest BCUT2D eigenvalue weighted by Crippen LogP contribution is -2.43. The van der Waals surface area contributed by atoms with Gasteiger partial charge in [0, 0.05) is 38.3 Å². The van der Waals surface area contributed by atoms with Crippen molar-refractivity contribution in [2.75, 3.05) is 36.0 Å². The largest absolute Gasteiger partial charge is 0.356 e. The van der Waals surface area contributed by atoms with Gasteiger partial charge in [-0.25, -0.2) is 9.97 Å². The topological polar surface area (TPSA) is 80.1 Å². The number of rotatable bonds is 9. The molecular formula is C21H31N5O2S. The number of aromatic nitrogens is 3. The van der Waals surface area contributed by atoms with Crippen LogP contribution >= 0.6 is 11.8 Å². The van der Waals surface area contributed by atoms with E-state index >= 15 is 0 Å². The van der Waals surface area contributed by atoms with E-state index in [-0.39, 0.29) is 17.4 Å². The molecule has 1 amide bonds. The van der Waals surface area contributed by atoms with Crippen molar-refractivity contribution in [2.45, 2.75) is 46.1 Å². The van der Waals surface area contributed by atoms with E-state index in [9.17, 15) is 9.59 Å². The zero-order chi connectivity index (χ0) is 20.6. The van der Waals surface area contributed by atoms with E-state index in [4.69, 9.17) is 0 Å². The van der Waals surface area contributed by atoms with Gasteiger partial charge in [-0.3, -0.25) is 14.2 Å². The van der Waals surface area contributed by atoms with Gasteiger partial charge in [-0.05, 0) is 56.2 Å². The highest BCUT2D eigenvalue weighted by atomic mass is 32.2. The molecule has 3 heterocycles. The van der Waals surface area contributed by atoms with Crippen LogP contribution in [0.3, 0.4) is 0 Å². The van der Waals surface area contributed by atoms with Crippen LogP contribution in [0.2, 0.25) is 0 Å². The van der Waals surface area contributed by atoms with E-state index in [1.807, 2.05) is 35.7 Å². The number of pyridine rings is 1. The number of carbonyl (C=O) groups is 1. The van der Waals surface area contributed by atoms with Gasteiger partial charge >= 0.3 is 0 Å². The summed E-state index contributed by atoms with van der Waals surface area (Å²) in [4.78, 5) is 36.3. The first-order valence-electron chi connectivity index (χ1n) is 10.6. The number of amides is 1. The Balaban J connectivity index is 1.57. The third-order valence-corrected chi connectivity index (χ3v) is 6.55. The second kappa shape index (κ2) is 10.6. The smallest absolute Gasteiger partial charge is 0.295 e. The summed E-state index contributed by atoms with van der Waals surface area (Å²) in [5, 5.41) is 3.08. The Labute approximate surface area is 176 Å². The number of anilines is 1. The molecule has 2 aromatic heterocycles. The monoisotopic (exact) mass is 417 g/mol. The van der Waals surface area contributed by atoms with Crippen LogP contribution in [0.15, 0.2) is 23.1 Å². The highest BCUT2D eigenvalue weighted by Crippen LogP contribution is 2.21. The average molecular weight is 418 g/mol. The third kappa shape index (κ3) is 5.29. The van der Waals surface area contributed by atoms with Crippen molar-refractivity contribution in [3.8, 4) is 0 Å². The van der Waals surface area contributed by atoms with Crippen LogP contribution in [0.4, 0.5) is 5.82 Å². The minimum absolute atomic E-state index is 0.0186. The number of aryl methyl sites for hydroxylation is 1. The summed E-state index contributed by atoms with van der Waals surface area (Å²) in [5.74, 6) is 2.92. The summed E-state index contributed by atoms with van der Waals surface area (Å²) in [6, 6.07) is 3.72. The van der Waals surface area contributed by atoms with Gasteiger partial charge in [0.2, 0.25) is 5.91 Å². The molecule has 7 nitrogen and oxygen atoms in total. The van der Waals surface area contributed by atoms with Crippen LogP contribution in [0.1, 0.15) is 39.5 Å². The van der Waals surface area contributed by atoms with Gasteiger partial charge in [-0.15, -0.1) is 0 Å². The van der Waals surface area contributed by atoms with Crippen molar-refractivity contribution in [3.05, 3.63) is 28.7 Å². The number of hydrogen-bond acceptors (Lipinski definition) is 6. The van der Waals surface area contributed by atoms with Crippen molar-refractivity contribution in [1.29, 1.82) is 0 Å². The molecule has 1 aliphatic heterocycles. The molecule has 3 rings (SSSR count). The number of nitrogens with one attached hydrogen (secondary N) is 1. The lowest BCUT2D eigenvalue weighted by atomic mass is 9.96. The van der Waals surface area contributed by atoms with Gasteiger partial charge in [0.15, 0.2) is 11.5 Å². The van der Waals surface area contributed by atoms with E-state index in [1.54, 1.807) is 10.8 Å². The van der Waals surface area contributed by atoms with Gasteiger partial charge in [0.25, 0.3) is 5.56 Å². The predicted molar refractivity (Wildman–Crippen MR) is 120 cm³/mol. The quantitative estimate of drug-likeness (QED) is 0.632. The van der Waals surface area contributed by atoms with Gasteiger partial charge in [0.1, 0.15) is 5.52 Å². The molecule has 8 heteroatoms. The van der Waals surface area contributed by atoms with Gasteiger partial charge in [-0.1, -0.05) is 6.92 Å². The molecule has 29 heavy (non-hydrogen) atoms. The minimum Gasteiger partial charge on any atom is -0.356 e. The maximum absolute atomic E-state index is 12.9. The first-order chi connectivity index (χ1) is 14.2. The van der Waals surface area contributed by atoms with Crippen molar-refractivity contribution in [3.63, 3.8) is 0 Å². The Kier molecular flexibility index (Phi) is 7.91. The lowest BCUT2D eigenvalue weighted by Gasteiger charge is -2.32. The molecule has 1 N–H and O–H groups in total. The lowest BCUT2D eigenvalue weighted by molar-refractivity contribution is -0.125. The Morgan fingerprint density at radius 1 is 1.28 bits per heavy atom. The molecule has 0 saturated carbocycles. The molecule has 1 fully saturated rings. The number of thioether (sulfide) groups is 1. The molecule has 1 aliphatic rings. The van der Waals surface area contributed by atoms with Crippen molar-refractivity contribution < 1.29 is 4.79 Å². The fourth-order valence-corrected chi connectivity index (χ4v) is 4.53. The zero-order valence-corrected chi connectivity index (χ0v) is 18.2. The molecule has 0 bridgehead atoms. The predicted octanol–water partition coefficient (Wildman–Crippen LogP) is 2.68. The van der Waals surface area contributed by atoms with Crippen LogP contribution in [0.25, 0.3) is 11.2 Å². The summed E-state index contributed by atoms with van der Waals surface area (Å²) in [5.41, 5.74) is 1.24. The molecule has 2 aromatic rings. The molecule has 158 valence electrons. The van der Waals surface area contributed by atoms with Gasteiger partial charge in [-0.2, -0.15) is 11.8 Å². The highest BCUT2D eigenvalue weighted by molar-refractivity contribution is 7.99. The van der Waals surface area contributed by atoms with E-state index < -0.39 is 0 Å². The Hall–Kier alpha value is -2.09. The van der Waals surface area contributed by atoms with Gasteiger partial charge < -0.3 is 10.2 Å². The number of carbonyl (C=O) groups excluding carboxylic acids is 1. The number of hydrogen-bond donors (Lipinski definition) is 1. The summed E-state index contributed by atoms with van der Waals surface area (Å²) in [7, 11) is 0. The third-order valence-electron chi connectivity index (χ3n) is 5.28. The van der Waals surface area contributed by atoms with Gasteiger partial charge in [0.05, 0.1) is 0 Å². The summed E-state index contributed by atoms with van der Waals surface area (Å²) >= 11 is 1.94. The van der Waals surface area contributed by atoms with Crippen LogP contribution in [-0.4, -0.2) is 51.6 Å². The SMILES string of the molecule is CCCSCCCNC(=O)C1CCN(c2nc3cccnc3n(CC)c2=O)CC1. The van der Waals surface area contributed by atoms with Crippen LogP contribution < -0.4 is 15.8 Å². The second-order valence-corrected chi connectivity index (χ2v) is 8.57. The van der Waals surface area contributed by atoms with E-state index in [0.717, 1.165) is 37.1 Å². The highest BCUT2D eigenvalue weighted by Gasteiger charge is 2.27. The number of fused-ring (bicyclic) bond motifs is 1. The van der Waals surface area contributed by atoms with E-state index in [1.165, 1.54) is 12.2 Å². The maximum Gasteiger partial charge on any atom is 0.295 e.